The van der Waals surface area contributed by atoms with Gasteiger partial charge in [0.1, 0.15) is 11.8 Å². The van der Waals surface area contributed by atoms with Gasteiger partial charge in [-0.1, -0.05) is 0 Å². The number of ether oxygens (including phenoxy) is 1. The van der Waals surface area contributed by atoms with Crippen LogP contribution in [0.1, 0.15) is 28.9 Å². The Morgan fingerprint density at radius 1 is 1.03 bits per heavy atom. The van der Waals surface area contributed by atoms with Gasteiger partial charge >= 0.3 is 6.18 Å². The van der Waals surface area contributed by atoms with Gasteiger partial charge in [0.15, 0.2) is 0 Å². The summed E-state index contributed by atoms with van der Waals surface area (Å²) in [5.74, 6) is 0.0347. The Hall–Kier alpha value is -2.92. The second-order valence-electron chi connectivity index (χ2n) is 7.77. The Balaban J connectivity index is 1.25. The van der Waals surface area contributed by atoms with E-state index in [1.807, 2.05) is 9.91 Å². The number of nitrogens with zero attached hydrogens (tertiary/aromatic N) is 4. The van der Waals surface area contributed by atoms with Crippen LogP contribution in [-0.2, 0) is 6.18 Å². The average Bonchev–Trinajstić information content (AvgIpc) is 2.80. The van der Waals surface area contributed by atoms with E-state index in [4.69, 9.17) is 4.74 Å². The van der Waals surface area contributed by atoms with E-state index in [1.165, 1.54) is 24.5 Å². The first-order chi connectivity index (χ1) is 15.4. The van der Waals surface area contributed by atoms with Crippen LogP contribution in [0.15, 0.2) is 36.7 Å². The molecule has 2 fully saturated rings. The van der Waals surface area contributed by atoms with E-state index in [9.17, 15) is 18.0 Å². The largest absolute Gasteiger partial charge is 0.473 e. The van der Waals surface area contributed by atoms with Crippen molar-refractivity contribution in [1.29, 1.82) is 0 Å². The van der Waals surface area contributed by atoms with Crippen molar-refractivity contribution < 1.29 is 22.7 Å². The van der Waals surface area contributed by atoms with Gasteiger partial charge in [0.25, 0.3) is 5.91 Å². The zero-order valence-electron chi connectivity index (χ0n) is 17.4. The van der Waals surface area contributed by atoms with E-state index in [0.29, 0.717) is 31.8 Å². The molecule has 4 rings (SSSR count). The number of anilines is 1. The fourth-order valence-corrected chi connectivity index (χ4v) is 3.74. The summed E-state index contributed by atoms with van der Waals surface area (Å²) in [6, 6.07) is 5.21. The van der Waals surface area contributed by atoms with Crippen LogP contribution in [0.4, 0.5) is 18.9 Å². The molecule has 32 heavy (non-hydrogen) atoms. The van der Waals surface area contributed by atoms with E-state index in [1.54, 1.807) is 0 Å². The van der Waals surface area contributed by atoms with Crippen LogP contribution in [0.25, 0.3) is 0 Å². The highest BCUT2D eigenvalue weighted by Gasteiger charge is 2.30. The average molecular weight is 450 g/mol. The summed E-state index contributed by atoms with van der Waals surface area (Å²) in [6.07, 6.45) is -0.168. The molecule has 2 N–H and O–H groups in total. The number of carbonyl (C=O) groups excluding carboxylic acids is 1. The van der Waals surface area contributed by atoms with Crippen molar-refractivity contribution >= 4 is 11.6 Å². The van der Waals surface area contributed by atoms with Crippen LogP contribution in [-0.4, -0.2) is 66.3 Å². The van der Waals surface area contributed by atoms with Crippen molar-refractivity contribution in [1.82, 2.24) is 25.7 Å². The maximum absolute atomic E-state index is 12.7. The molecule has 2 aliphatic heterocycles. The molecule has 8 nitrogen and oxygen atoms in total. The highest BCUT2D eigenvalue weighted by molar-refractivity contribution is 5.91. The molecule has 1 amide bonds. The third-order valence-electron chi connectivity index (χ3n) is 5.53. The maximum atomic E-state index is 12.7. The SMILES string of the molecule is O=C(NN1CCNCC1)c1cnc(OC2CCN(c3ccc(C(F)(F)F)cc3)CC2)cn1. The van der Waals surface area contributed by atoms with E-state index >= 15 is 0 Å². The van der Waals surface area contributed by atoms with Crippen molar-refractivity contribution in [2.24, 2.45) is 0 Å². The number of benzene rings is 1. The molecule has 0 atom stereocenters. The minimum atomic E-state index is -4.33. The first kappa shape index (κ1) is 22.3. The fraction of sp³-hybridized carbons (Fsp3) is 0.476. The molecular weight excluding hydrogens is 425 g/mol. The third-order valence-corrected chi connectivity index (χ3v) is 5.53. The van der Waals surface area contributed by atoms with Gasteiger partial charge in [-0.25, -0.2) is 15.0 Å². The zero-order chi connectivity index (χ0) is 22.6. The minimum Gasteiger partial charge on any atom is -0.473 e. The monoisotopic (exact) mass is 450 g/mol. The summed E-state index contributed by atoms with van der Waals surface area (Å²) in [7, 11) is 0. The quantitative estimate of drug-likeness (QED) is 0.722. The molecule has 0 aliphatic carbocycles. The van der Waals surface area contributed by atoms with E-state index in [0.717, 1.165) is 44.0 Å². The Morgan fingerprint density at radius 2 is 1.72 bits per heavy atom. The number of amides is 1. The number of piperazine rings is 1. The molecule has 3 heterocycles. The Morgan fingerprint density at radius 3 is 2.31 bits per heavy atom. The van der Waals surface area contributed by atoms with E-state index < -0.39 is 11.7 Å². The number of rotatable bonds is 5. The summed E-state index contributed by atoms with van der Waals surface area (Å²) in [6.45, 7) is 4.41. The zero-order valence-corrected chi connectivity index (χ0v) is 17.4. The number of hydrogen-bond donors (Lipinski definition) is 2. The molecule has 1 aromatic carbocycles. The number of hydrogen-bond acceptors (Lipinski definition) is 7. The number of alkyl halides is 3. The number of hydrazine groups is 1. The number of carbonyl (C=O) groups is 1. The molecule has 2 saturated heterocycles. The molecule has 2 aliphatic rings. The summed E-state index contributed by atoms with van der Waals surface area (Å²) in [5, 5.41) is 5.05. The van der Waals surface area contributed by atoms with E-state index in [-0.39, 0.29) is 17.7 Å². The Kier molecular flexibility index (Phi) is 6.75. The minimum absolute atomic E-state index is 0.0736. The molecular formula is C21H25F3N6O2. The lowest BCUT2D eigenvalue weighted by Crippen LogP contribution is -2.52. The van der Waals surface area contributed by atoms with Crippen molar-refractivity contribution in [2.75, 3.05) is 44.2 Å². The predicted molar refractivity (Wildman–Crippen MR) is 111 cm³/mol. The molecule has 0 bridgehead atoms. The van der Waals surface area contributed by atoms with Crippen molar-refractivity contribution in [3.8, 4) is 5.88 Å². The van der Waals surface area contributed by atoms with Gasteiger partial charge in [-0.2, -0.15) is 13.2 Å². The van der Waals surface area contributed by atoms with Gasteiger partial charge in [-0.15, -0.1) is 0 Å². The molecule has 0 spiro atoms. The van der Waals surface area contributed by atoms with Crippen LogP contribution in [0.3, 0.4) is 0 Å². The standard InChI is InChI=1S/C21H25F3N6O2/c22-21(23,24)15-1-3-16(4-2-15)29-9-5-17(6-10-29)32-19-14-26-18(13-27-19)20(31)28-30-11-7-25-8-12-30/h1-4,13-14,17,25H,5-12H2,(H,28,31). The Labute approximate surface area is 183 Å². The topological polar surface area (TPSA) is 82.6 Å². The summed E-state index contributed by atoms with van der Waals surface area (Å²) in [5.41, 5.74) is 3.14. The van der Waals surface area contributed by atoms with Gasteiger partial charge in [-0.05, 0) is 24.3 Å². The first-order valence-electron chi connectivity index (χ1n) is 10.6. The highest BCUT2D eigenvalue weighted by atomic mass is 19.4. The number of aromatic nitrogens is 2. The van der Waals surface area contributed by atoms with Crippen molar-refractivity contribution in [3.05, 3.63) is 47.9 Å². The van der Waals surface area contributed by atoms with Gasteiger partial charge < -0.3 is 15.0 Å². The van der Waals surface area contributed by atoms with Gasteiger partial charge in [0.05, 0.1) is 18.0 Å². The predicted octanol–water partition coefficient (Wildman–Crippen LogP) is 2.09. The Bertz CT molecular complexity index is 893. The molecule has 0 saturated carbocycles. The van der Waals surface area contributed by atoms with Crippen LogP contribution >= 0.6 is 0 Å². The second kappa shape index (κ2) is 9.70. The van der Waals surface area contributed by atoms with Crippen molar-refractivity contribution in [2.45, 2.75) is 25.1 Å². The summed E-state index contributed by atoms with van der Waals surface area (Å²) >= 11 is 0. The third kappa shape index (κ3) is 5.65. The van der Waals surface area contributed by atoms with E-state index in [2.05, 4.69) is 20.7 Å². The second-order valence-corrected chi connectivity index (χ2v) is 7.77. The number of halogens is 3. The van der Waals surface area contributed by atoms with Crippen LogP contribution < -0.4 is 20.4 Å². The van der Waals surface area contributed by atoms with Gasteiger partial charge in [0, 0.05) is 57.8 Å². The molecule has 2 aromatic rings. The van der Waals surface area contributed by atoms with Crippen molar-refractivity contribution in [3.63, 3.8) is 0 Å². The van der Waals surface area contributed by atoms with Gasteiger partial charge in [-0.3, -0.25) is 10.2 Å². The molecule has 11 heteroatoms. The van der Waals surface area contributed by atoms with Crippen LogP contribution in [0, 0.1) is 0 Å². The number of piperidine rings is 1. The molecule has 1 aromatic heterocycles. The van der Waals surface area contributed by atoms with Crippen LogP contribution in [0.2, 0.25) is 0 Å². The smallest absolute Gasteiger partial charge is 0.416 e. The summed E-state index contributed by atoms with van der Waals surface area (Å²) in [4.78, 5) is 22.7. The molecule has 0 unspecified atom stereocenters. The summed E-state index contributed by atoms with van der Waals surface area (Å²) < 4.78 is 44.1. The lowest BCUT2D eigenvalue weighted by molar-refractivity contribution is -0.137. The highest BCUT2D eigenvalue weighted by Crippen LogP contribution is 2.31. The molecule has 0 radical (unpaired) electrons. The lowest BCUT2D eigenvalue weighted by atomic mass is 10.1. The normalized spacial score (nSPS) is 18.4. The fourth-order valence-electron chi connectivity index (χ4n) is 3.74. The first-order valence-corrected chi connectivity index (χ1v) is 10.6. The van der Waals surface area contributed by atoms with Crippen LogP contribution in [0.5, 0.6) is 5.88 Å². The maximum Gasteiger partial charge on any atom is 0.416 e. The van der Waals surface area contributed by atoms with Gasteiger partial charge in [0.2, 0.25) is 5.88 Å². The lowest BCUT2D eigenvalue weighted by Gasteiger charge is -2.33. The number of nitrogens with one attached hydrogen (secondary N) is 2. The molecule has 172 valence electrons.